The van der Waals surface area contributed by atoms with Crippen molar-refractivity contribution in [1.82, 2.24) is 4.90 Å². The zero-order valence-corrected chi connectivity index (χ0v) is 15.5. The number of amides is 1. The zero-order valence-electron chi connectivity index (χ0n) is 15.5. The second kappa shape index (κ2) is 12.3. The molecule has 5 nitrogen and oxygen atoms in total. The summed E-state index contributed by atoms with van der Waals surface area (Å²) in [5.74, 6) is -0.374. The molecule has 0 saturated heterocycles. The van der Waals surface area contributed by atoms with Crippen molar-refractivity contribution >= 4 is 11.9 Å². The van der Waals surface area contributed by atoms with Crippen molar-refractivity contribution < 1.29 is 14.3 Å². The van der Waals surface area contributed by atoms with Gasteiger partial charge >= 0.3 is 5.97 Å². The summed E-state index contributed by atoms with van der Waals surface area (Å²) in [6.45, 7) is 6.44. The van der Waals surface area contributed by atoms with E-state index in [2.05, 4.69) is 6.92 Å². The standard InChI is InChI=1S/C18H36N2O3/c1-5-6-7-8-9-10-11-13-16(21)20(4)18(2,3)17(22)23-15-12-14-19/h5-15,19H2,1-4H3. The van der Waals surface area contributed by atoms with E-state index < -0.39 is 5.54 Å². The molecule has 0 unspecified atom stereocenters. The van der Waals surface area contributed by atoms with Crippen LogP contribution in [0.2, 0.25) is 0 Å². The summed E-state index contributed by atoms with van der Waals surface area (Å²) >= 11 is 0. The van der Waals surface area contributed by atoms with Crippen LogP contribution in [0.5, 0.6) is 0 Å². The lowest BCUT2D eigenvalue weighted by molar-refractivity contribution is -0.160. The summed E-state index contributed by atoms with van der Waals surface area (Å²) in [7, 11) is 1.67. The third kappa shape index (κ3) is 8.94. The van der Waals surface area contributed by atoms with Gasteiger partial charge in [0.05, 0.1) is 6.61 Å². The number of hydrogen-bond acceptors (Lipinski definition) is 4. The van der Waals surface area contributed by atoms with Crippen molar-refractivity contribution in [2.75, 3.05) is 20.2 Å². The Morgan fingerprint density at radius 1 is 1.00 bits per heavy atom. The highest BCUT2D eigenvalue weighted by atomic mass is 16.5. The summed E-state index contributed by atoms with van der Waals surface area (Å²) in [5, 5.41) is 0. The molecule has 136 valence electrons. The summed E-state index contributed by atoms with van der Waals surface area (Å²) in [4.78, 5) is 25.9. The number of nitrogens with two attached hydrogens (primary N) is 1. The third-order valence-electron chi connectivity index (χ3n) is 4.29. The largest absolute Gasteiger partial charge is 0.464 e. The van der Waals surface area contributed by atoms with Crippen LogP contribution < -0.4 is 5.73 Å². The molecule has 0 bridgehead atoms. The van der Waals surface area contributed by atoms with Crippen molar-refractivity contribution in [3.8, 4) is 0 Å². The number of likely N-dealkylation sites (N-methyl/N-ethyl adjacent to an activating group) is 1. The molecule has 5 heteroatoms. The molecular formula is C18H36N2O3. The van der Waals surface area contributed by atoms with E-state index in [0.717, 1.165) is 12.8 Å². The average molecular weight is 328 g/mol. The van der Waals surface area contributed by atoms with E-state index in [1.807, 2.05) is 0 Å². The molecule has 0 aliphatic rings. The number of hydrogen-bond donors (Lipinski definition) is 1. The predicted molar refractivity (Wildman–Crippen MR) is 94.1 cm³/mol. The maximum atomic E-state index is 12.3. The number of unbranched alkanes of at least 4 members (excludes halogenated alkanes) is 6. The van der Waals surface area contributed by atoms with Crippen molar-refractivity contribution in [1.29, 1.82) is 0 Å². The molecule has 0 saturated carbocycles. The fourth-order valence-corrected chi connectivity index (χ4v) is 2.27. The van der Waals surface area contributed by atoms with Crippen LogP contribution in [0.1, 0.15) is 78.6 Å². The number of carbonyl (C=O) groups is 2. The maximum absolute atomic E-state index is 12.3. The van der Waals surface area contributed by atoms with Gasteiger partial charge in [-0.1, -0.05) is 45.4 Å². The van der Waals surface area contributed by atoms with E-state index in [4.69, 9.17) is 10.5 Å². The van der Waals surface area contributed by atoms with E-state index in [1.54, 1.807) is 20.9 Å². The molecule has 0 atom stereocenters. The van der Waals surface area contributed by atoms with Crippen LogP contribution in [0, 0.1) is 0 Å². The van der Waals surface area contributed by atoms with Crippen LogP contribution in [0.15, 0.2) is 0 Å². The minimum atomic E-state index is -0.938. The lowest BCUT2D eigenvalue weighted by atomic mass is 10.0. The van der Waals surface area contributed by atoms with Gasteiger partial charge in [0.15, 0.2) is 0 Å². The Morgan fingerprint density at radius 2 is 1.57 bits per heavy atom. The molecule has 0 fully saturated rings. The zero-order chi connectivity index (χ0) is 17.7. The number of ether oxygens (including phenoxy) is 1. The monoisotopic (exact) mass is 328 g/mol. The highest BCUT2D eigenvalue weighted by molar-refractivity contribution is 5.87. The quantitative estimate of drug-likeness (QED) is 0.416. The van der Waals surface area contributed by atoms with Crippen LogP contribution in [-0.4, -0.2) is 42.5 Å². The lowest BCUT2D eigenvalue weighted by Crippen LogP contribution is -2.51. The highest BCUT2D eigenvalue weighted by Crippen LogP contribution is 2.17. The van der Waals surface area contributed by atoms with Gasteiger partial charge in [0.2, 0.25) is 5.91 Å². The molecule has 0 radical (unpaired) electrons. The van der Waals surface area contributed by atoms with Crippen LogP contribution in [0.25, 0.3) is 0 Å². The van der Waals surface area contributed by atoms with E-state index in [-0.39, 0.29) is 11.9 Å². The van der Waals surface area contributed by atoms with Gasteiger partial charge in [-0.3, -0.25) is 4.79 Å². The van der Waals surface area contributed by atoms with Crippen molar-refractivity contribution in [2.45, 2.75) is 84.1 Å². The first kappa shape index (κ1) is 21.9. The van der Waals surface area contributed by atoms with Gasteiger partial charge in [0, 0.05) is 13.5 Å². The molecule has 2 N–H and O–H groups in total. The molecule has 0 heterocycles. The maximum Gasteiger partial charge on any atom is 0.331 e. The first-order chi connectivity index (χ1) is 10.9. The molecule has 0 rings (SSSR count). The molecule has 23 heavy (non-hydrogen) atoms. The SMILES string of the molecule is CCCCCCCCCC(=O)N(C)C(C)(C)C(=O)OCCCN. The number of carbonyl (C=O) groups excluding carboxylic acids is 2. The van der Waals surface area contributed by atoms with E-state index >= 15 is 0 Å². The highest BCUT2D eigenvalue weighted by Gasteiger charge is 2.36. The van der Waals surface area contributed by atoms with Crippen LogP contribution >= 0.6 is 0 Å². The van der Waals surface area contributed by atoms with Gasteiger partial charge in [0.1, 0.15) is 5.54 Å². The molecule has 0 aliphatic heterocycles. The van der Waals surface area contributed by atoms with Crippen LogP contribution in [-0.2, 0) is 14.3 Å². The van der Waals surface area contributed by atoms with E-state index in [1.165, 1.54) is 37.0 Å². The van der Waals surface area contributed by atoms with E-state index in [9.17, 15) is 9.59 Å². The second-order valence-corrected chi connectivity index (χ2v) is 6.66. The minimum Gasteiger partial charge on any atom is -0.464 e. The average Bonchev–Trinajstić information content (AvgIpc) is 2.53. The number of esters is 1. The van der Waals surface area contributed by atoms with Crippen molar-refractivity contribution in [3.63, 3.8) is 0 Å². The number of nitrogens with zero attached hydrogens (tertiary/aromatic N) is 1. The molecule has 0 aliphatic carbocycles. The van der Waals surface area contributed by atoms with Crippen LogP contribution in [0.4, 0.5) is 0 Å². The molecule has 1 amide bonds. The van der Waals surface area contributed by atoms with E-state index in [0.29, 0.717) is 26.0 Å². The first-order valence-electron chi connectivity index (χ1n) is 9.01. The lowest BCUT2D eigenvalue weighted by Gasteiger charge is -2.33. The summed E-state index contributed by atoms with van der Waals surface area (Å²) in [6, 6.07) is 0. The molecule has 0 aromatic carbocycles. The van der Waals surface area contributed by atoms with Gasteiger partial charge in [0.25, 0.3) is 0 Å². The Hall–Kier alpha value is -1.10. The Morgan fingerprint density at radius 3 is 2.13 bits per heavy atom. The fraction of sp³-hybridized carbons (Fsp3) is 0.889. The minimum absolute atomic E-state index is 0.000618. The van der Waals surface area contributed by atoms with Gasteiger partial charge in [-0.25, -0.2) is 4.79 Å². The third-order valence-corrected chi connectivity index (χ3v) is 4.29. The second-order valence-electron chi connectivity index (χ2n) is 6.66. The van der Waals surface area contributed by atoms with Crippen LogP contribution in [0.3, 0.4) is 0 Å². The van der Waals surface area contributed by atoms with Gasteiger partial charge in [-0.05, 0) is 33.2 Å². The normalized spacial score (nSPS) is 11.3. The molecular weight excluding hydrogens is 292 g/mol. The Bertz CT molecular complexity index is 343. The van der Waals surface area contributed by atoms with Crippen molar-refractivity contribution in [2.24, 2.45) is 5.73 Å². The molecule has 0 aromatic heterocycles. The Labute approximate surface area is 141 Å². The molecule has 0 spiro atoms. The van der Waals surface area contributed by atoms with Gasteiger partial charge in [-0.2, -0.15) is 0 Å². The Balaban J connectivity index is 4.07. The van der Waals surface area contributed by atoms with Gasteiger partial charge in [-0.15, -0.1) is 0 Å². The molecule has 0 aromatic rings. The summed E-state index contributed by atoms with van der Waals surface area (Å²) in [6.07, 6.45) is 9.34. The predicted octanol–water partition coefficient (Wildman–Crippen LogP) is 3.26. The van der Waals surface area contributed by atoms with Gasteiger partial charge < -0.3 is 15.4 Å². The summed E-state index contributed by atoms with van der Waals surface area (Å²) in [5.41, 5.74) is 4.44. The smallest absolute Gasteiger partial charge is 0.331 e. The van der Waals surface area contributed by atoms with Crippen molar-refractivity contribution in [3.05, 3.63) is 0 Å². The topological polar surface area (TPSA) is 72.6 Å². The first-order valence-corrected chi connectivity index (χ1v) is 9.01. The summed E-state index contributed by atoms with van der Waals surface area (Å²) < 4.78 is 5.19. The Kier molecular flexibility index (Phi) is 11.7. The fourth-order valence-electron chi connectivity index (χ4n) is 2.27. The number of rotatable bonds is 13.